The van der Waals surface area contributed by atoms with Crippen molar-refractivity contribution in [1.29, 1.82) is 0 Å². The van der Waals surface area contributed by atoms with Gasteiger partial charge in [0.25, 0.3) is 15.7 Å². The normalized spacial score (nSPS) is 11.1. The van der Waals surface area contributed by atoms with Crippen LogP contribution in [0.25, 0.3) is 0 Å². The van der Waals surface area contributed by atoms with E-state index in [9.17, 15) is 22.9 Å². The molecule has 0 bridgehead atoms. The molecule has 2 aromatic rings. The summed E-state index contributed by atoms with van der Waals surface area (Å²) in [5, 5.41) is 10.9. The topological polar surface area (TPSA) is 98.5 Å². The fourth-order valence-electron chi connectivity index (χ4n) is 1.97. The Morgan fingerprint density at radius 3 is 2.52 bits per heavy atom. The Kier molecular flexibility index (Phi) is 4.50. The average Bonchev–Trinajstić information content (AvgIpc) is 2.46. The van der Waals surface area contributed by atoms with E-state index in [0.717, 1.165) is 6.07 Å². The van der Waals surface area contributed by atoms with Crippen LogP contribution in [0.1, 0.15) is 5.56 Å². The molecular formula is C14H13FN2O5S. The Morgan fingerprint density at radius 1 is 1.26 bits per heavy atom. The molecule has 0 aliphatic heterocycles. The summed E-state index contributed by atoms with van der Waals surface area (Å²) in [4.78, 5) is 9.35. The van der Waals surface area contributed by atoms with Gasteiger partial charge >= 0.3 is 0 Å². The number of hydrogen-bond donors (Lipinski definition) is 1. The van der Waals surface area contributed by atoms with Crippen molar-refractivity contribution in [2.24, 2.45) is 0 Å². The van der Waals surface area contributed by atoms with Gasteiger partial charge in [-0.05, 0) is 25.1 Å². The van der Waals surface area contributed by atoms with Gasteiger partial charge in [0.2, 0.25) is 0 Å². The Labute approximate surface area is 131 Å². The number of para-hydroxylation sites is 2. The summed E-state index contributed by atoms with van der Waals surface area (Å²) in [6.07, 6.45) is 0. The van der Waals surface area contributed by atoms with Crippen molar-refractivity contribution >= 4 is 21.4 Å². The van der Waals surface area contributed by atoms with Crippen molar-refractivity contribution in [3.63, 3.8) is 0 Å². The largest absolute Gasteiger partial charge is 0.495 e. The second-order valence-electron chi connectivity index (χ2n) is 4.63. The second kappa shape index (κ2) is 6.21. The molecule has 122 valence electrons. The minimum Gasteiger partial charge on any atom is -0.495 e. The SMILES string of the molecule is COc1ccccc1NS(=O)(=O)c1cc([N+](=O)[O-])c(C)cc1F. The Bertz CT molecular complexity index is 867. The number of hydrogen-bond acceptors (Lipinski definition) is 5. The van der Waals surface area contributed by atoms with Crippen LogP contribution >= 0.6 is 0 Å². The van der Waals surface area contributed by atoms with Crippen molar-refractivity contribution in [3.05, 3.63) is 57.9 Å². The van der Waals surface area contributed by atoms with Crippen LogP contribution in [0.2, 0.25) is 0 Å². The van der Waals surface area contributed by atoms with Crippen LogP contribution in [0.5, 0.6) is 5.75 Å². The maximum Gasteiger partial charge on any atom is 0.273 e. The van der Waals surface area contributed by atoms with E-state index < -0.39 is 31.3 Å². The third kappa shape index (κ3) is 3.39. The van der Waals surface area contributed by atoms with Gasteiger partial charge in [-0.3, -0.25) is 14.8 Å². The lowest BCUT2D eigenvalue weighted by Gasteiger charge is -2.12. The first kappa shape index (κ1) is 16.7. The number of sulfonamides is 1. The van der Waals surface area contributed by atoms with Gasteiger partial charge in [0.05, 0.1) is 17.7 Å². The van der Waals surface area contributed by atoms with Crippen LogP contribution in [0.3, 0.4) is 0 Å². The van der Waals surface area contributed by atoms with Crippen LogP contribution in [-0.2, 0) is 10.0 Å². The highest BCUT2D eigenvalue weighted by molar-refractivity contribution is 7.92. The number of nitrogens with zero attached hydrogens (tertiary/aromatic N) is 1. The van der Waals surface area contributed by atoms with Crippen LogP contribution < -0.4 is 9.46 Å². The molecule has 2 rings (SSSR count). The summed E-state index contributed by atoms with van der Waals surface area (Å²) in [6.45, 7) is 1.32. The highest BCUT2D eigenvalue weighted by Crippen LogP contribution is 2.29. The van der Waals surface area contributed by atoms with Crippen LogP contribution in [0, 0.1) is 22.9 Å². The summed E-state index contributed by atoms with van der Waals surface area (Å²) >= 11 is 0. The molecule has 0 radical (unpaired) electrons. The predicted octanol–water partition coefficient (Wildman–Crippen LogP) is 2.85. The van der Waals surface area contributed by atoms with Gasteiger partial charge in [-0.25, -0.2) is 12.8 Å². The van der Waals surface area contributed by atoms with Gasteiger partial charge in [0, 0.05) is 11.6 Å². The van der Waals surface area contributed by atoms with E-state index in [1.165, 1.54) is 26.2 Å². The minimum absolute atomic E-state index is 0.0312. The molecule has 0 atom stereocenters. The molecular weight excluding hydrogens is 327 g/mol. The Hall–Kier alpha value is -2.68. The highest BCUT2D eigenvalue weighted by atomic mass is 32.2. The molecule has 9 heteroatoms. The minimum atomic E-state index is -4.36. The third-order valence-electron chi connectivity index (χ3n) is 3.09. The Balaban J connectivity index is 2.52. The lowest BCUT2D eigenvalue weighted by atomic mass is 10.2. The highest BCUT2D eigenvalue weighted by Gasteiger charge is 2.25. The van der Waals surface area contributed by atoms with E-state index >= 15 is 0 Å². The molecule has 0 heterocycles. The smallest absolute Gasteiger partial charge is 0.273 e. The maximum atomic E-state index is 14.0. The summed E-state index contributed by atoms with van der Waals surface area (Å²) in [5.74, 6) is -0.839. The second-order valence-corrected chi connectivity index (χ2v) is 6.28. The van der Waals surface area contributed by atoms with Crippen molar-refractivity contribution in [1.82, 2.24) is 0 Å². The van der Waals surface area contributed by atoms with E-state index in [1.54, 1.807) is 12.1 Å². The van der Waals surface area contributed by atoms with Gasteiger partial charge in [0.1, 0.15) is 16.5 Å². The first-order valence-electron chi connectivity index (χ1n) is 6.36. The number of benzene rings is 2. The van der Waals surface area contributed by atoms with E-state index in [4.69, 9.17) is 4.74 Å². The maximum absolute atomic E-state index is 14.0. The number of aryl methyl sites for hydroxylation is 1. The van der Waals surface area contributed by atoms with Crippen LogP contribution in [0.15, 0.2) is 41.3 Å². The van der Waals surface area contributed by atoms with E-state index in [0.29, 0.717) is 6.07 Å². The van der Waals surface area contributed by atoms with Gasteiger partial charge in [0.15, 0.2) is 0 Å². The molecule has 0 amide bonds. The number of nitrogens with one attached hydrogen (secondary N) is 1. The van der Waals surface area contributed by atoms with Crippen molar-refractivity contribution in [2.45, 2.75) is 11.8 Å². The third-order valence-corrected chi connectivity index (χ3v) is 4.47. The summed E-state index contributed by atoms with van der Waals surface area (Å²) < 4.78 is 45.9. The molecule has 0 unspecified atom stereocenters. The molecule has 0 aromatic heterocycles. The molecule has 23 heavy (non-hydrogen) atoms. The van der Waals surface area contributed by atoms with Crippen LogP contribution in [-0.4, -0.2) is 20.5 Å². The molecule has 2 aromatic carbocycles. The van der Waals surface area contributed by atoms with Crippen molar-refractivity contribution in [3.8, 4) is 5.75 Å². The monoisotopic (exact) mass is 340 g/mol. The quantitative estimate of drug-likeness (QED) is 0.666. The number of rotatable bonds is 5. The average molecular weight is 340 g/mol. The number of ether oxygens (including phenoxy) is 1. The molecule has 0 saturated carbocycles. The number of anilines is 1. The lowest BCUT2D eigenvalue weighted by molar-refractivity contribution is -0.385. The summed E-state index contributed by atoms with van der Waals surface area (Å²) in [7, 11) is -3.01. The van der Waals surface area contributed by atoms with Gasteiger partial charge in [-0.1, -0.05) is 12.1 Å². The molecule has 1 N–H and O–H groups in total. The van der Waals surface area contributed by atoms with Gasteiger partial charge in [-0.15, -0.1) is 0 Å². The fourth-order valence-corrected chi connectivity index (χ4v) is 3.12. The number of nitro groups is 1. The molecule has 0 spiro atoms. The van der Waals surface area contributed by atoms with Crippen molar-refractivity contribution in [2.75, 3.05) is 11.8 Å². The van der Waals surface area contributed by atoms with Gasteiger partial charge < -0.3 is 4.74 Å². The molecule has 0 aliphatic carbocycles. The van der Waals surface area contributed by atoms with E-state index in [-0.39, 0.29) is 17.0 Å². The molecule has 7 nitrogen and oxygen atoms in total. The first-order valence-corrected chi connectivity index (χ1v) is 7.85. The molecule has 0 saturated heterocycles. The standard InChI is InChI=1S/C14H13FN2O5S/c1-9-7-10(15)14(8-12(9)17(18)19)23(20,21)16-11-5-3-4-6-13(11)22-2/h3-8,16H,1-2H3. The summed E-state index contributed by atoms with van der Waals surface area (Å²) in [5.41, 5.74) is -0.354. The van der Waals surface area contributed by atoms with E-state index in [2.05, 4.69) is 4.72 Å². The fraction of sp³-hybridized carbons (Fsp3) is 0.143. The number of methoxy groups -OCH3 is 1. The van der Waals surface area contributed by atoms with E-state index in [1.807, 2.05) is 0 Å². The van der Waals surface area contributed by atoms with Crippen LogP contribution in [0.4, 0.5) is 15.8 Å². The summed E-state index contributed by atoms with van der Waals surface area (Å²) in [6, 6.07) is 7.66. The first-order chi connectivity index (χ1) is 10.8. The van der Waals surface area contributed by atoms with Gasteiger partial charge in [-0.2, -0.15) is 0 Å². The zero-order valence-corrected chi connectivity index (χ0v) is 13.1. The lowest BCUT2D eigenvalue weighted by Crippen LogP contribution is -2.16. The predicted molar refractivity (Wildman–Crippen MR) is 81.6 cm³/mol. The zero-order chi connectivity index (χ0) is 17.2. The molecule has 0 fully saturated rings. The molecule has 0 aliphatic rings. The number of halogens is 1. The van der Waals surface area contributed by atoms with Crippen molar-refractivity contribution < 1.29 is 22.5 Å². The Morgan fingerprint density at radius 2 is 1.91 bits per heavy atom. The zero-order valence-electron chi connectivity index (χ0n) is 12.2. The number of nitro benzene ring substituents is 1.